The van der Waals surface area contributed by atoms with Gasteiger partial charge < -0.3 is 4.74 Å². The fourth-order valence-corrected chi connectivity index (χ4v) is 1.45. The van der Waals surface area contributed by atoms with E-state index in [1.165, 1.54) is 38.5 Å². The van der Waals surface area contributed by atoms with Crippen LogP contribution >= 0.6 is 12.6 Å². The Morgan fingerprint density at radius 1 is 1.00 bits per heavy atom. The fraction of sp³-hybridized carbons (Fsp3) is 1.00. The summed E-state index contributed by atoms with van der Waals surface area (Å²) in [6.45, 7) is 6.17. The summed E-state index contributed by atoms with van der Waals surface area (Å²) in [5.41, 5.74) is 0. The lowest BCUT2D eigenvalue weighted by Gasteiger charge is -2.05. The smallest absolute Gasteiger partial charge is 0.0476 e. The molecule has 14 heavy (non-hydrogen) atoms. The molecule has 0 aromatic carbocycles. The molecule has 0 aromatic heterocycles. The van der Waals surface area contributed by atoms with Gasteiger partial charge in [0, 0.05) is 18.5 Å². The number of hydrogen-bond donors (Lipinski definition) is 1. The molecule has 2 heteroatoms. The number of hydrogen-bond acceptors (Lipinski definition) is 2. The normalized spacial score (nSPS) is 13.1. The highest BCUT2D eigenvalue weighted by atomic mass is 32.1. The molecule has 1 atom stereocenters. The van der Waals surface area contributed by atoms with E-state index in [4.69, 9.17) is 4.74 Å². The molecule has 0 spiro atoms. The van der Waals surface area contributed by atoms with Crippen molar-refractivity contribution in [3.05, 3.63) is 0 Å². The van der Waals surface area contributed by atoms with Crippen molar-refractivity contribution in [3.63, 3.8) is 0 Å². The third-order valence-corrected chi connectivity index (χ3v) is 2.58. The Balaban J connectivity index is 2.85. The van der Waals surface area contributed by atoms with Gasteiger partial charge in [-0.3, -0.25) is 0 Å². The number of thiol groups is 1. The molecule has 86 valence electrons. The van der Waals surface area contributed by atoms with Crippen LogP contribution in [0.4, 0.5) is 0 Å². The number of rotatable bonds is 10. The molecular weight excluding hydrogens is 192 g/mol. The molecule has 0 bridgehead atoms. The maximum absolute atomic E-state index is 5.50. The van der Waals surface area contributed by atoms with Crippen molar-refractivity contribution in [2.24, 2.45) is 0 Å². The molecular formula is C12H26OS. The first-order valence-electron chi connectivity index (χ1n) is 6.03. The largest absolute Gasteiger partial charge is 0.381 e. The molecule has 0 N–H and O–H groups in total. The SMILES string of the molecule is CCCCCCCCOCCC(C)S. The summed E-state index contributed by atoms with van der Waals surface area (Å²) >= 11 is 4.30. The van der Waals surface area contributed by atoms with Gasteiger partial charge in [0.2, 0.25) is 0 Å². The molecule has 0 aliphatic carbocycles. The van der Waals surface area contributed by atoms with Gasteiger partial charge in [0.1, 0.15) is 0 Å². The molecule has 0 saturated heterocycles. The first-order valence-corrected chi connectivity index (χ1v) is 6.54. The van der Waals surface area contributed by atoms with Gasteiger partial charge in [0.25, 0.3) is 0 Å². The summed E-state index contributed by atoms with van der Waals surface area (Å²) in [6, 6.07) is 0. The summed E-state index contributed by atoms with van der Waals surface area (Å²) in [5, 5.41) is 0.472. The van der Waals surface area contributed by atoms with E-state index in [1.807, 2.05) is 0 Å². The summed E-state index contributed by atoms with van der Waals surface area (Å²) in [4.78, 5) is 0. The van der Waals surface area contributed by atoms with Crippen LogP contribution < -0.4 is 0 Å². The monoisotopic (exact) mass is 218 g/mol. The fourth-order valence-electron chi connectivity index (χ4n) is 1.34. The van der Waals surface area contributed by atoms with Crippen molar-refractivity contribution >= 4 is 12.6 Å². The maximum Gasteiger partial charge on any atom is 0.0476 e. The average Bonchev–Trinajstić information content (AvgIpc) is 2.15. The number of ether oxygens (including phenoxy) is 1. The second-order valence-corrected chi connectivity index (χ2v) is 4.90. The Bertz CT molecular complexity index is 104. The zero-order valence-electron chi connectivity index (χ0n) is 9.80. The van der Waals surface area contributed by atoms with E-state index in [0.717, 1.165) is 19.6 Å². The molecule has 0 aliphatic heterocycles. The highest BCUT2D eigenvalue weighted by Gasteiger charge is 1.94. The van der Waals surface area contributed by atoms with Crippen LogP contribution in [-0.4, -0.2) is 18.5 Å². The lowest BCUT2D eigenvalue weighted by atomic mass is 10.1. The summed E-state index contributed by atoms with van der Waals surface area (Å²) < 4.78 is 5.50. The van der Waals surface area contributed by atoms with E-state index in [-0.39, 0.29) is 0 Å². The Morgan fingerprint density at radius 2 is 1.64 bits per heavy atom. The average molecular weight is 218 g/mol. The second-order valence-electron chi connectivity index (χ2n) is 4.02. The van der Waals surface area contributed by atoms with E-state index in [2.05, 4.69) is 26.5 Å². The molecule has 0 aliphatic rings. The van der Waals surface area contributed by atoms with Crippen LogP contribution in [0, 0.1) is 0 Å². The van der Waals surface area contributed by atoms with Gasteiger partial charge in [0.05, 0.1) is 0 Å². The van der Waals surface area contributed by atoms with Crippen LogP contribution in [0.3, 0.4) is 0 Å². The predicted octanol–water partition coefficient (Wildman–Crippen LogP) is 4.07. The number of unbranched alkanes of at least 4 members (excludes halogenated alkanes) is 5. The van der Waals surface area contributed by atoms with Crippen LogP contribution in [0.2, 0.25) is 0 Å². The second kappa shape index (κ2) is 11.4. The molecule has 0 fully saturated rings. The Kier molecular flexibility index (Phi) is 11.6. The molecule has 0 aromatic rings. The van der Waals surface area contributed by atoms with Crippen molar-refractivity contribution in [1.82, 2.24) is 0 Å². The Hall–Kier alpha value is 0.310. The van der Waals surface area contributed by atoms with Crippen molar-refractivity contribution < 1.29 is 4.74 Å². The lowest BCUT2D eigenvalue weighted by Crippen LogP contribution is -2.02. The van der Waals surface area contributed by atoms with E-state index in [0.29, 0.717) is 5.25 Å². The minimum atomic E-state index is 0.472. The summed E-state index contributed by atoms with van der Waals surface area (Å²) in [7, 11) is 0. The third-order valence-electron chi connectivity index (χ3n) is 2.32. The maximum atomic E-state index is 5.50. The van der Waals surface area contributed by atoms with Gasteiger partial charge in [0.15, 0.2) is 0 Å². The molecule has 0 heterocycles. The van der Waals surface area contributed by atoms with E-state index in [1.54, 1.807) is 0 Å². The predicted molar refractivity (Wildman–Crippen MR) is 67.3 cm³/mol. The summed E-state index contributed by atoms with van der Waals surface area (Å²) in [6.07, 6.45) is 9.11. The first kappa shape index (κ1) is 14.3. The standard InChI is InChI=1S/C12H26OS/c1-3-4-5-6-7-8-10-13-11-9-12(2)14/h12,14H,3-11H2,1-2H3. The molecule has 1 nitrogen and oxygen atoms in total. The van der Waals surface area contributed by atoms with Gasteiger partial charge >= 0.3 is 0 Å². The first-order chi connectivity index (χ1) is 6.77. The van der Waals surface area contributed by atoms with Gasteiger partial charge in [-0.1, -0.05) is 46.0 Å². The zero-order chi connectivity index (χ0) is 10.6. The summed E-state index contributed by atoms with van der Waals surface area (Å²) in [5.74, 6) is 0. The van der Waals surface area contributed by atoms with Crippen LogP contribution in [0.15, 0.2) is 0 Å². The molecule has 0 rings (SSSR count). The van der Waals surface area contributed by atoms with Crippen LogP contribution in [0.1, 0.15) is 58.8 Å². The highest BCUT2D eigenvalue weighted by molar-refractivity contribution is 7.80. The van der Waals surface area contributed by atoms with Crippen LogP contribution in [-0.2, 0) is 4.74 Å². The Morgan fingerprint density at radius 3 is 2.29 bits per heavy atom. The van der Waals surface area contributed by atoms with Crippen molar-refractivity contribution in [2.45, 2.75) is 64.0 Å². The van der Waals surface area contributed by atoms with E-state index >= 15 is 0 Å². The highest BCUT2D eigenvalue weighted by Crippen LogP contribution is 2.05. The third kappa shape index (κ3) is 12.3. The van der Waals surface area contributed by atoms with Crippen molar-refractivity contribution in [2.75, 3.05) is 13.2 Å². The van der Waals surface area contributed by atoms with Gasteiger partial charge in [-0.15, -0.1) is 0 Å². The Labute approximate surface area is 95.0 Å². The van der Waals surface area contributed by atoms with Crippen molar-refractivity contribution in [3.8, 4) is 0 Å². The minimum Gasteiger partial charge on any atom is -0.381 e. The zero-order valence-corrected chi connectivity index (χ0v) is 10.7. The molecule has 0 amide bonds. The van der Waals surface area contributed by atoms with Gasteiger partial charge in [-0.2, -0.15) is 12.6 Å². The van der Waals surface area contributed by atoms with Crippen molar-refractivity contribution in [1.29, 1.82) is 0 Å². The van der Waals surface area contributed by atoms with E-state index in [9.17, 15) is 0 Å². The lowest BCUT2D eigenvalue weighted by molar-refractivity contribution is 0.128. The molecule has 0 saturated carbocycles. The molecule has 1 unspecified atom stereocenters. The topological polar surface area (TPSA) is 9.23 Å². The van der Waals surface area contributed by atoms with Crippen LogP contribution in [0.25, 0.3) is 0 Å². The van der Waals surface area contributed by atoms with Crippen LogP contribution in [0.5, 0.6) is 0 Å². The van der Waals surface area contributed by atoms with Gasteiger partial charge in [-0.05, 0) is 12.8 Å². The quantitative estimate of drug-likeness (QED) is 0.429. The van der Waals surface area contributed by atoms with E-state index < -0.39 is 0 Å². The van der Waals surface area contributed by atoms with Gasteiger partial charge in [-0.25, -0.2) is 0 Å². The molecule has 0 radical (unpaired) electrons. The minimum absolute atomic E-state index is 0.472.